The second-order valence-electron chi connectivity index (χ2n) is 5.48. The van der Waals surface area contributed by atoms with Crippen LogP contribution in [0.3, 0.4) is 0 Å². The van der Waals surface area contributed by atoms with Gasteiger partial charge in [0.05, 0.1) is 17.9 Å². The third-order valence-corrected chi connectivity index (χ3v) is 3.67. The van der Waals surface area contributed by atoms with E-state index in [-0.39, 0.29) is 6.04 Å². The van der Waals surface area contributed by atoms with Gasteiger partial charge < -0.3 is 5.32 Å². The van der Waals surface area contributed by atoms with Crippen molar-refractivity contribution in [1.29, 1.82) is 0 Å². The van der Waals surface area contributed by atoms with Crippen LogP contribution in [0.25, 0.3) is 0 Å². The second-order valence-corrected chi connectivity index (χ2v) is 5.48. The third kappa shape index (κ3) is 2.90. The van der Waals surface area contributed by atoms with Crippen LogP contribution in [0.2, 0.25) is 0 Å². The summed E-state index contributed by atoms with van der Waals surface area (Å²) >= 11 is 0. The van der Waals surface area contributed by atoms with Crippen molar-refractivity contribution in [2.75, 3.05) is 6.54 Å². The standard InChI is InChI=1S/C16H24N4/c1-6-7-17-16(14-10-18-19-20(14)5)15-12(3)8-11(2)9-13(15)4/h8-10,16-17H,6-7H2,1-5H3. The summed E-state index contributed by atoms with van der Waals surface area (Å²) in [6.07, 6.45) is 2.96. The van der Waals surface area contributed by atoms with E-state index in [2.05, 4.69) is 55.5 Å². The molecule has 0 amide bonds. The van der Waals surface area contributed by atoms with Gasteiger partial charge in [0, 0.05) is 7.05 Å². The molecule has 1 atom stereocenters. The first kappa shape index (κ1) is 14.7. The quantitative estimate of drug-likeness (QED) is 0.910. The first-order valence-electron chi connectivity index (χ1n) is 7.20. The van der Waals surface area contributed by atoms with Crippen LogP contribution in [-0.2, 0) is 7.05 Å². The van der Waals surface area contributed by atoms with Crippen molar-refractivity contribution >= 4 is 0 Å². The van der Waals surface area contributed by atoms with Gasteiger partial charge in [-0.15, -0.1) is 5.10 Å². The Bertz CT molecular complexity index is 563. The molecule has 1 aromatic heterocycles. The van der Waals surface area contributed by atoms with Gasteiger partial charge in [-0.05, 0) is 50.4 Å². The highest BCUT2D eigenvalue weighted by Gasteiger charge is 2.21. The summed E-state index contributed by atoms with van der Waals surface area (Å²) in [4.78, 5) is 0. The van der Waals surface area contributed by atoms with Crippen LogP contribution in [0.4, 0.5) is 0 Å². The lowest BCUT2D eigenvalue weighted by Crippen LogP contribution is -2.26. The summed E-state index contributed by atoms with van der Waals surface area (Å²) in [7, 11) is 1.95. The molecule has 1 heterocycles. The van der Waals surface area contributed by atoms with Crippen LogP contribution >= 0.6 is 0 Å². The molecule has 0 fully saturated rings. The van der Waals surface area contributed by atoms with Gasteiger partial charge in [0.15, 0.2) is 0 Å². The van der Waals surface area contributed by atoms with Crippen molar-refractivity contribution in [1.82, 2.24) is 20.3 Å². The maximum Gasteiger partial charge on any atom is 0.0798 e. The van der Waals surface area contributed by atoms with Crippen molar-refractivity contribution in [2.45, 2.75) is 40.2 Å². The smallest absolute Gasteiger partial charge is 0.0798 e. The Kier molecular flexibility index (Phi) is 4.55. The molecule has 0 aliphatic carbocycles. The molecule has 0 radical (unpaired) electrons. The highest BCUT2D eigenvalue weighted by Crippen LogP contribution is 2.28. The van der Waals surface area contributed by atoms with Crippen molar-refractivity contribution in [2.24, 2.45) is 7.05 Å². The Labute approximate surface area is 121 Å². The summed E-state index contributed by atoms with van der Waals surface area (Å²) in [5, 5.41) is 11.7. The average molecular weight is 272 g/mol. The Morgan fingerprint density at radius 3 is 2.35 bits per heavy atom. The zero-order valence-corrected chi connectivity index (χ0v) is 13.1. The van der Waals surface area contributed by atoms with Gasteiger partial charge in [-0.25, -0.2) is 0 Å². The minimum atomic E-state index is 0.149. The van der Waals surface area contributed by atoms with Crippen molar-refractivity contribution in [3.05, 3.63) is 46.3 Å². The maximum atomic E-state index is 4.07. The number of aromatic nitrogens is 3. The van der Waals surface area contributed by atoms with E-state index in [1.165, 1.54) is 22.3 Å². The highest BCUT2D eigenvalue weighted by atomic mass is 15.4. The summed E-state index contributed by atoms with van der Waals surface area (Å²) < 4.78 is 1.85. The molecule has 108 valence electrons. The monoisotopic (exact) mass is 272 g/mol. The van der Waals surface area contributed by atoms with Crippen LogP contribution in [0.1, 0.15) is 47.3 Å². The van der Waals surface area contributed by atoms with Crippen molar-refractivity contribution < 1.29 is 0 Å². The second kappa shape index (κ2) is 6.18. The highest BCUT2D eigenvalue weighted by molar-refractivity contribution is 5.42. The van der Waals surface area contributed by atoms with Crippen LogP contribution < -0.4 is 5.32 Å². The molecule has 2 aromatic rings. The predicted octanol–water partition coefficient (Wildman–Crippen LogP) is 2.83. The topological polar surface area (TPSA) is 42.7 Å². The van der Waals surface area contributed by atoms with E-state index in [0.717, 1.165) is 18.7 Å². The van der Waals surface area contributed by atoms with E-state index >= 15 is 0 Å². The molecule has 0 bridgehead atoms. The normalized spacial score (nSPS) is 12.7. The SMILES string of the molecule is CCCNC(c1c(C)cc(C)cc1C)c1cnnn1C. The van der Waals surface area contributed by atoms with Crippen molar-refractivity contribution in [3.63, 3.8) is 0 Å². The molecule has 20 heavy (non-hydrogen) atoms. The molecule has 0 saturated heterocycles. The summed E-state index contributed by atoms with van der Waals surface area (Å²) in [6.45, 7) is 9.66. The third-order valence-electron chi connectivity index (χ3n) is 3.67. The Morgan fingerprint density at radius 2 is 1.85 bits per heavy atom. The van der Waals surface area contributed by atoms with E-state index in [1.54, 1.807) is 0 Å². The Balaban J connectivity index is 2.50. The van der Waals surface area contributed by atoms with Gasteiger partial charge in [0.25, 0.3) is 0 Å². The number of benzene rings is 1. The Hall–Kier alpha value is -1.68. The predicted molar refractivity (Wildman–Crippen MR) is 81.8 cm³/mol. The number of nitrogens with zero attached hydrogens (tertiary/aromatic N) is 3. The zero-order valence-electron chi connectivity index (χ0n) is 13.1. The molecule has 1 N–H and O–H groups in total. The van der Waals surface area contributed by atoms with Gasteiger partial charge in [-0.1, -0.05) is 29.8 Å². The van der Waals surface area contributed by atoms with Crippen LogP contribution in [-0.4, -0.2) is 21.5 Å². The molecular weight excluding hydrogens is 248 g/mol. The molecule has 1 aromatic carbocycles. The largest absolute Gasteiger partial charge is 0.305 e. The van der Waals surface area contributed by atoms with E-state index < -0.39 is 0 Å². The van der Waals surface area contributed by atoms with E-state index in [1.807, 2.05) is 17.9 Å². The summed E-state index contributed by atoms with van der Waals surface area (Å²) in [6, 6.07) is 4.63. The number of rotatable bonds is 5. The minimum absolute atomic E-state index is 0.149. The van der Waals surface area contributed by atoms with Gasteiger partial charge in [0.2, 0.25) is 0 Å². The molecule has 1 unspecified atom stereocenters. The fraction of sp³-hybridized carbons (Fsp3) is 0.500. The first-order valence-corrected chi connectivity index (χ1v) is 7.20. The lowest BCUT2D eigenvalue weighted by Gasteiger charge is -2.23. The molecule has 0 aliphatic rings. The lowest BCUT2D eigenvalue weighted by molar-refractivity contribution is 0.547. The number of hydrogen-bond acceptors (Lipinski definition) is 3. The molecule has 0 spiro atoms. The van der Waals surface area contributed by atoms with Gasteiger partial charge in [0.1, 0.15) is 0 Å². The first-order chi connectivity index (χ1) is 9.54. The van der Waals surface area contributed by atoms with Crippen LogP contribution in [0, 0.1) is 20.8 Å². The fourth-order valence-corrected chi connectivity index (χ4v) is 2.85. The number of aryl methyl sites for hydroxylation is 4. The van der Waals surface area contributed by atoms with E-state index in [4.69, 9.17) is 0 Å². The van der Waals surface area contributed by atoms with E-state index in [0.29, 0.717) is 0 Å². The van der Waals surface area contributed by atoms with E-state index in [9.17, 15) is 0 Å². The molecular formula is C16H24N4. The lowest BCUT2D eigenvalue weighted by atomic mass is 9.92. The summed E-state index contributed by atoms with van der Waals surface area (Å²) in [5.41, 5.74) is 6.39. The molecule has 4 nitrogen and oxygen atoms in total. The summed E-state index contributed by atoms with van der Waals surface area (Å²) in [5.74, 6) is 0. The molecule has 0 aliphatic heterocycles. The number of nitrogens with one attached hydrogen (secondary N) is 1. The van der Waals surface area contributed by atoms with Crippen molar-refractivity contribution in [3.8, 4) is 0 Å². The number of hydrogen-bond donors (Lipinski definition) is 1. The average Bonchev–Trinajstić information content (AvgIpc) is 2.78. The fourth-order valence-electron chi connectivity index (χ4n) is 2.85. The molecule has 4 heteroatoms. The zero-order chi connectivity index (χ0) is 14.7. The molecule has 0 saturated carbocycles. The molecule has 2 rings (SSSR count). The minimum Gasteiger partial charge on any atom is -0.305 e. The Morgan fingerprint density at radius 1 is 1.20 bits per heavy atom. The van der Waals surface area contributed by atoms with Crippen LogP contribution in [0.5, 0.6) is 0 Å². The van der Waals surface area contributed by atoms with Crippen LogP contribution in [0.15, 0.2) is 18.3 Å². The van der Waals surface area contributed by atoms with Gasteiger partial charge in [-0.2, -0.15) is 0 Å². The van der Waals surface area contributed by atoms with Gasteiger partial charge >= 0.3 is 0 Å². The maximum absolute atomic E-state index is 4.07. The van der Waals surface area contributed by atoms with Gasteiger partial charge in [-0.3, -0.25) is 4.68 Å².